The molecule has 4 fully saturated rings. The summed E-state index contributed by atoms with van der Waals surface area (Å²) in [7, 11) is 0. The highest BCUT2D eigenvalue weighted by atomic mass is 16.4. The number of aliphatic carboxylic acids is 1. The molecular formula is C43H62N2O5. The number of carboxylic acid groups (broad SMARTS) is 2. The van der Waals surface area contributed by atoms with Crippen molar-refractivity contribution in [3.8, 4) is 0 Å². The molecule has 0 radical (unpaired) electrons. The number of carbonyl (C=O) groups excluding carboxylic acids is 1. The third kappa shape index (κ3) is 5.51. The number of carboxylic acids is 2. The van der Waals surface area contributed by atoms with Crippen molar-refractivity contribution in [2.75, 3.05) is 26.2 Å². The quantitative estimate of drug-likeness (QED) is 0.213. The second-order valence-corrected chi connectivity index (χ2v) is 18.3. The minimum absolute atomic E-state index is 0.00794. The fourth-order valence-electron chi connectivity index (χ4n) is 13.5. The second-order valence-electron chi connectivity index (χ2n) is 18.3. The maximum Gasteiger partial charge on any atom is 0.335 e. The molecule has 6 rings (SSSR count). The molecule has 0 heterocycles. The lowest BCUT2D eigenvalue weighted by Gasteiger charge is -2.72. The SMILES string of the molecule is C=C(C)C1CCC2(C(=O)NCCN(CC)CC(=O)O)CCC3(C)C(CCC4C5(C)CC=C(c6ccc(C(=O)O)cc6)C(C)(C)C5CCC43C)C12. The van der Waals surface area contributed by atoms with Gasteiger partial charge in [-0.3, -0.25) is 14.5 Å². The van der Waals surface area contributed by atoms with Crippen LogP contribution in [0.4, 0.5) is 0 Å². The van der Waals surface area contributed by atoms with Gasteiger partial charge in [0.15, 0.2) is 0 Å². The van der Waals surface area contributed by atoms with Crippen LogP contribution in [0.3, 0.4) is 0 Å². The number of aromatic carboxylic acids is 1. The molecule has 0 bridgehead atoms. The van der Waals surface area contributed by atoms with Crippen molar-refractivity contribution >= 4 is 23.4 Å². The molecule has 3 N–H and O–H groups in total. The molecule has 1 aromatic rings. The Morgan fingerprint density at radius 1 is 0.900 bits per heavy atom. The van der Waals surface area contributed by atoms with Crippen molar-refractivity contribution < 1.29 is 24.6 Å². The summed E-state index contributed by atoms with van der Waals surface area (Å²) in [6.45, 7) is 23.0. The first kappa shape index (κ1) is 36.8. The number of hydrogen-bond acceptors (Lipinski definition) is 4. The Bertz CT molecular complexity index is 1560. The van der Waals surface area contributed by atoms with Gasteiger partial charge in [-0.1, -0.05) is 71.9 Å². The third-order valence-corrected chi connectivity index (χ3v) is 16.1. The molecule has 5 aliphatic carbocycles. The van der Waals surface area contributed by atoms with Crippen molar-refractivity contribution in [2.24, 2.45) is 56.7 Å². The van der Waals surface area contributed by atoms with Gasteiger partial charge in [0.25, 0.3) is 0 Å². The number of fused-ring (bicyclic) bond motifs is 7. The molecule has 50 heavy (non-hydrogen) atoms. The first-order valence-corrected chi connectivity index (χ1v) is 19.4. The van der Waals surface area contributed by atoms with Gasteiger partial charge >= 0.3 is 11.9 Å². The lowest BCUT2D eigenvalue weighted by atomic mass is 9.32. The molecule has 4 saturated carbocycles. The number of hydrogen-bond donors (Lipinski definition) is 3. The molecule has 9 unspecified atom stereocenters. The Hall–Kier alpha value is -2.93. The topological polar surface area (TPSA) is 107 Å². The minimum atomic E-state index is -0.888. The average Bonchev–Trinajstić information content (AvgIpc) is 3.45. The molecule has 5 aliphatic rings. The lowest BCUT2D eigenvalue weighted by Crippen LogP contribution is -2.66. The molecule has 1 amide bonds. The predicted octanol–water partition coefficient (Wildman–Crippen LogP) is 8.56. The number of nitrogens with one attached hydrogen (secondary N) is 1. The van der Waals surface area contributed by atoms with E-state index in [9.17, 15) is 24.6 Å². The smallest absolute Gasteiger partial charge is 0.335 e. The van der Waals surface area contributed by atoms with Crippen LogP contribution in [-0.4, -0.2) is 59.1 Å². The number of amides is 1. The number of carbonyl (C=O) groups is 3. The number of nitrogens with zero attached hydrogens (tertiary/aromatic N) is 1. The van der Waals surface area contributed by atoms with Gasteiger partial charge in [0.2, 0.25) is 5.91 Å². The van der Waals surface area contributed by atoms with Crippen LogP contribution in [0.1, 0.15) is 122 Å². The Balaban J connectivity index is 1.28. The Morgan fingerprint density at radius 3 is 2.22 bits per heavy atom. The summed E-state index contributed by atoms with van der Waals surface area (Å²) in [6, 6.07) is 7.48. The maximum absolute atomic E-state index is 14.4. The van der Waals surface area contributed by atoms with Gasteiger partial charge in [0, 0.05) is 13.1 Å². The van der Waals surface area contributed by atoms with Crippen molar-refractivity contribution in [1.29, 1.82) is 0 Å². The van der Waals surface area contributed by atoms with Crippen LogP contribution in [0.2, 0.25) is 0 Å². The summed E-state index contributed by atoms with van der Waals surface area (Å²) >= 11 is 0. The zero-order valence-corrected chi connectivity index (χ0v) is 31.7. The van der Waals surface area contributed by atoms with E-state index < -0.39 is 11.9 Å². The van der Waals surface area contributed by atoms with Gasteiger partial charge < -0.3 is 15.5 Å². The monoisotopic (exact) mass is 686 g/mol. The van der Waals surface area contributed by atoms with Crippen molar-refractivity contribution in [1.82, 2.24) is 10.2 Å². The van der Waals surface area contributed by atoms with Crippen LogP contribution < -0.4 is 5.32 Å². The molecule has 9 atom stereocenters. The maximum atomic E-state index is 14.4. The molecule has 0 aliphatic heterocycles. The van der Waals surface area contributed by atoms with Crippen molar-refractivity contribution in [3.05, 3.63) is 53.6 Å². The van der Waals surface area contributed by atoms with Crippen LogP contribution in [0.25, 0.3) is 5.57 Å². The normalized spacial score (nSPS) is 38.6. The highest BCUT2D eigenvalue weighted by Gasteiger charge is 2.71. The summed E-state index contributed by atoms with van der Waals surface area (Å²) in [6.07, 6.45) is 12.2. The Labute approximate surface area is 300 Å². The zero-order valence-electron chi connectivity index (χ0n) is 31.7. The number of allylic oxidation sites excluding steroid dienone is 3. The van der Waals surface area contributed by atoms with Crippen LogP contribution in [-0.2, 0) is 9.59 Å². The van der Waals surface area contributed by atoms with Crippen LogP contribution in [0.5, 0.6) is 0 Å². The van der Waals surface area contributed by atoms with E-state index in [1.807, 2.05) is 24.0 Å². The van der Waals surface area contributed by atoms with E-state index in [1.54, 1.807) is 12.1 Å². The van der Waals surface area contributed by atoms with Crippen molar-refractivity contribution in [3.63, 3.8) is 0 Å². The molecular weight excluding hydrogens is 624 g/mol. The third-order valence-electron chi connectivity index (χ3n) is 16.1. The Morgan fingerprint density at radius 2 is 1.60 bits per heavy atom. The van der Waals surface area contributed by atoms with Gasteiger partial charge in [-0.05, 0) is 146 Å². The van der Waals surface area contributed by atoms with Gasteiger partial charge in [0.1, 0.15) is 0 Å². The fraction of sp³-hybridized carbons (Fsp3) is 0.698. The van der Waals surface area contributed by atoms with E-state index in [-0.39, 0.29) is 45.4 Å². The largest absolute Gasteiger partial charge is 0.480 e. The fourth-order valence-corrected chi connectivity index (χ4v) is 13.5. The van der Waals surface area contributed by atoms with E-state index in [1.165, 1.54) is 30.4 Å². The Kier molecular flexibility index (Phi) is 9.53. The number of rotatable bonds is 10. The summed E-state index contributed by atoms with van der Waals surface area (Å²) in [5.41, 5.74) is 4.07. The summed E-state index contributed by atoms with van der Waals surface area (Å²) in [4.78, 5) is 39.2. The van der Waals surface area contributed by atoms with E-state index in [4.69, 9.17) is 0 Å². The van der Waals surface area contributed by atoms with Crippen molar-refractivity contribution in [2.45, 2.75) is 106 Å². The first-order valence-electron chi connectivity index (χ1n) is 19.4. The van der Waals surface area contributed by atoms with Gasteiger partial charge in [-0.15, -0.1) is 0 Å². The zero-order chi connectivity index (χ0) is 36.4. The molecule has 274 valence electrons. The van der Waals surface area contributed by atoms with E-state index in [2.05, 4.69) is 59.5 Å². The summed E-state index contributed by atoms with van der Waals surface area (Å²) < 4.78 is 0. The van der Waals surface area contributed by atoms with E-state index in [0.717, 1.165) is 44.1 Å². The molecule has 0 saturated heterocycles. The minimum Gasteiger partial charge on any atom is -0.480 e. The van der Waals surface area contributed by atoms with Gasteiger partial charge in [-0.25, -0.2) is 4.79 Å². The summed E-state index contributed by atoms with van der Waals surface area (Å²) in [5.74, 6) is 0.667. The van der Waals surface area contributed by atoms with E-state index >= 15 is 0 Å². The highest BCUT2D eigenvalue weighted by Crippen LogP contribution is 2.77. The van der Waals surface area contributed by atoms with Crippen LogP contribution in [0, 0.1) is 56.7 Å². The van der Waals surface area contributed by atoms with E-state index in [0.29, 0.717) is 48.9 Å². The number of likely N-dealkylation sites (N-methyl/N-ethyl adjacent to an activating group) is 1. The molecule has 0 aromatic heterocycles. The second kappa shape index (κ2) is 12.9. The highest BCUT2D eigenvalue weighted by molar-refractivity contribution is 5.88. The first-order chi connectivity index (χ1) is 23.5. The lowest BCUT2D eigenvalue weighted by molar-refractivity contribution is -0.225. The van der Waals surface area contributed by atoms with Crippen LogP contribution in [0.15, 0.2) is 42.5 Å². The van der Waals surface area contributed by atoms with Crippen LogP contribution >= 0.6 is 0 Å². The molecule has 1 aromatic carbocycles. The average molecular weight is 687 g/mol. The van der Waals surface area contributed by atoms with Gasteiger partial charge in [-0.2, -0.15) is 0 Å². The van der Waals surface area contributed by atoms with Gasteiger partial charge in [0.05, 0.1) is 17.5 Å². The molecule has 7 nitrogen and oxygen atoms in total. The molecule has 0 spiro atoms. The number of benzene rings is 1. The molecule has 7 heteroatoms. The predicted molar refractivity (Wildman–Crippen MR) is 198 cm³/mol. The standard InChI is InChI=1S/C43H62N2O5/c1-9-45(26-35(46)47)25-24-44-38(50)43-21-16-30(27(2)3)36(43)32-14-15-34-40(6)19-17-31(28-10-12-29(13-11-28)37(48)49)39(4,5)33(40)18-20-42(34,8)41(32,7)22-23-43/h10-13,17,30,32-34,36H,2,9,14-16,18-26H2,1,3-8H3,(H,44,50)(H,46,47)(H,48,49). The summed E-state index contributed by atoms with van der Waals surface area (Å²) in [5, 5.41) is 22.1.